The topological polar surface area (TPSA) is 35.2 Å². The van der Waals surface area contributed by atoms with Crippen LogP contribution in [-0.4, -0.2) is 0 Å². The third-order valence-corrected chi connectivity index (χ3v) is 4.69. The van der Waals surface area contributed by atoms with E-state index in [2.05, 4.69) is 46.3 Å². The molecule has 0 radical (unpaired) electrons. The summed E-state index contributed by atoms with van der Waals surface area (Å²) in [6.07, 6.45) is 3.55. The summed E-state index contributed by atoms with van der Waals surface area (Å²) < 4.78 is 7.23. The maximum absolute atomic E-state index is 6.26. The Labute approximate surface area is 134 Å². The highest BCUT2D eigenvalue weighted by molar-refractivity contribution is 9.10. The van der Waals surface area contributed by atoms with Gasteiger partial charge in [-0.05, 0) is 70.9 Å². The number of aryl methyl sites for hydroxylation is 1. The van der Waals surface area contributed by atoms with Gasteiger partial charge in [-0.2, -0.15) is 0 Å². The highest BCUT2D eigenvalue weighted by Crippen LogP contribution is 2.36. The number of hydrogen-bond donors (Lipinski definition) is 1. The van der Waals surface area contributed by atoms with Crippen molar-refractivity contribution in [3.05, 3.63) is 63.6 Å². The molecule has 2 nitrogen and oxygen atoms in total. The summed E-state index contributed by atoms with van der Waals surface area (Å²) in [7, 11) is 0. The van der Waals surface area contributed by atoms with E-state index in [0.717, 1.165) is 28.6 Å². The molecule has 3 rings (SSSR count). The predicted molar refractivity (Wildman–Crippen MR) is 89.5 cm³/mol. The zero-order chi connectivity index (χ0) is 14.8. The Balaban J connectivity index is 1.85. The molecule has 0 bridgehead atoms. The third-order valence-electron chi connectivity index (χ3n) is 4.07. The first-order valence-electron chi connectivity index (χ1n) is 7.44. The maximum Gasteiger partial charge on any atom is 0.134 e. The Bertz CT molecular complexity index is 639. The lowest BCUT2D eigenvalue weighted by Gasteiger charge is -2.27. The molecule has 0 fully saturated rings. The minimum Gasteiger partial charge on any atom is -0.485 e. The molecule has 1 aliphatic rings. The number of rotatable bonds is 3. The lowest BCUT2D eigenvalue weighted by Crippen LogP contribution is -2.15. The van der Waals surface area contributed by atoms with E-state index in [9.17, 15) is 0 Å². The van der Waals surface area contributed by atoms with Gasteiger partial charge in [0.05, 0.1) is 4.47 Å². The summed E-state index contributed by atoms with van der Waals surface area (Å²) in [6.45, 7) is 1.99. The molecule has 0 amide bonds. The van der Waals surface area contributed by atoms with Crippen molar-refractivity contribution in [2.75, 3.05) is 0 Å². The molecular weight excluding hydrogens is 326 g/mol. The average molecular weight is 346 g/mol. The molecule has 3 heteroatoms. The van der Waals surface area contributed by atoms with E-state index in [4.69, 9.17) is 10.5 Å². The molecule has 21 heavy (non-hydrogen) atoms. The Morgan fingerprint density at radius 3 is 2.81 bits per heavy atom. The van der Waals surface area contributed by atoms with Crippen LogP contribution in [0.15, 0.2) is 46.9 Å². The molecule has 2 atom stereocenters. The third kappa shape index (κ3) is 3.14. The second kappa shape index (κ2) is 6.20. The van der Waals surface area contributed by atoms with Crippen molar-refractivity contribution in [2.45, 2.75) is 38.3 Å². The highest BCUT2D eigenvalue weighted by Gasteiger charge is 2.22. The standard InChI is InChI=1S/C18H20BrNO/c1-12(20)14-9-10-18(16(19)11-14)21-17-8-4-6-13-5-2-3-7-15(13)17/h2-3,5,7,9-12,17H,4,6,8,20H2,1H3/t12-,17?/m0/s1. The van der Waals surface area contributed by atoms with Crippen LogP contribution in [0.5, 0.6) is 5.75 Å². The van der Waals surface area contributed by atoms with E-state index in [1.165, 1.54) is 17.5 Å². The summed E-state index contributed by atoms with van der Waals surface area (Å²) in [5.74, 6) is 0.890. The quantitative estimate of drug-likeness (QED) is 0.856. The van der Waals surface area contributed by atoms with Crippen LogP contribution in [0.3, 0.4) is 0 Å². The van der Waals surface area contributed by atoms with Gasteiger partial charge < -0.3 is 10.5 Å². The fourth-order valence-corrected chi connectivity index (χ4v) is 3.37. The zero-order valence-electron chi connectivity index (χ0n) is 12.2. The first kappa shape index (κ1) is 14.6. The summed E-state index contributed by atoms with van der Waals surface area (Å²) in [4.78, 5) is 0. The number of halogens is 1. The molecule has 2 aromatic rings. The van der Waals surface area contributed by atoms with E-state index in [1.807, 2.05) is 19.1 Å². The van der Waals surface area contributed by atoms with Gasteiger partial charge in [-0.3, -0.25) is 0 Å². The van der Waals surface area contributed by atoms with E-state index in [0.29, 0.717) is 0 Å². The van der Waals surface area contributed by atoms with Gasteiger partial charge in [0.2, 0.25) is 0 Å². The SMILES string of the molecule is C[C@H](N)c1ccc(OC2CCCc3ccccc32)c(Br)c1. The first-order valence-corrected chi connectivity index (χ1v) is 8.24. The van der Waals surface area contributed by atoms with Gasteiger partial charge in [0.25, 0.3) is 0 Å². The van der Waals surface area contributed by atoms with Crippen LogP contribution < -0.4 is 10.5 Å². The molecule has 2 N–H and O–H groups in total. The summed E-state index contributed by atoms with van der Waals surface area (Å²) in [5, 5.41) is 0. The Kier molecular flexibility index (Phi) is 4.32. The van der Waals surface area contributed by atoms with Crippen molar-refractivity contribution in [2.24, 2.45) is 5.73 Å². The largest absolute Gasteiger partial charge is 0.485 e. The predicted octanol–water partition coefficient (Wildman–Crippen LogP) is 4.93. The van der Waals surface area contributed by atoms with Crippen LogP contribution in [0.1, 0.15) is 48.6 Å². The van der Waals surface area contributed by atoms with E-state index in [1.54, 1.807) is 0 Å². The van der Waals surface area contributed by atoms with Crippen molar-refractivity contribution < 1.29 is 4.74 Å². The number of benzene rings is 2. The van der Waals surface area contributed by atoms with Gasteiger partial charge in [-0.1, -0.05) is 30.3 Å². The van der Waals surface area contributed by atoms with Crippen LogP contribution in [0.25, 0.3) is 0 Å². The molecule has 0 aliphatic heterocycles. The van der Waals surface area contributed by atoms with Crippen molar-refractivity contribution in [3.63, 3.8) is 0 Å². The van der Waals surface area contributed by atoms with E-state index >= 15 is 0 Å². The Morgan fingerprint density at radius 2 is 2.05 bits per heavy atom. The maximum atomic E-state index is 6.26. The smallest absolute Gasteiger partial charge is 0.134 e. The van der Waals surface area contributed by atoms with E-state index in [-0.39, 0.29) is 12.1 Å². The molecule has 0 heterocycles. The minimum atomic E-state index is 0.0331. The number of fused-ring (bicyclic) bond motifs is 1. The van der Waals surface area contributed by atoms with Gasteiger partial charge in [0.1, 0.15) is 11.9 Å². The lowest BCUT2D eigenvalue weighted by atomic mass is 9.89. The summed E-state index contributed by atoms with van der Waals surface area (Å²) in [5.41, 5.74) is 9.77. The Hall–Kier alpha value is -1.32. The fraction of sp³-hybridized carbons (Fsp3) is 0.333. The lowest BCUT2D eigenvalue weighted by molar-refractivity contribution is 0.182. The van der Waals surface area contributed by atoms with Crippen LogP contribution in [0, 0.1) is 0 Å². The number of hydrogen-bond acceptors (Lipinski definition) is 2. The number of nitrogens with two attached hydrogens (primary N) is 1. The number of ether oxygens (including phenoxy) is 1. The normalized spacial score (nSPS) is 18.9. The molecule has 0 spiro atoms. The molecule has 1 aliphatic carbocycles. The van der Waals surface area contributed by atoms with Crippen molar-refractivity contribution in [1.82, 2.24) is 0 Å². The average Bonchev–Trinajstić information content (AvgIpc) is 2.49. The van der Waals surface area contributed by atoms with Gasteiger partial charge in [0, 0.05) is 6.04 Å². The zero-order valence-corrected chi connectivity index (χ0v) is 13.8. The molecule has 110 valence electrons. The van der Waals surface area contributed by atoms with Crippen LogP contribution >= 0.6 is 15.9 Å². The van der Waals surface area contributed by atoms with Gasteiger partial charge in [0.15, 0.2) is 0 Å². The molecule has 0 saturated heterocycles. The molecular formula is C18H20BrNO. The van der Waals surface area contributed by atoms with Crippen molar-refractivity contribution in [1.29, 1.82) is 0 Å². The summed E-state index contributed by atoms with van der Waals surface area (Å²) >= 11 is 3.60. The van der Waals surface area contributed by atoms with Crippen LogP contribution in [0.2, 0.25) is 0 Å². The van der Waals surface area contributed by atoms with Crippen molar-refractivity contribution in [3.8, 4) is 5.75 Å². The van der Waals surface area contributed by atoms with Crippen molar-refractivity contribution >= 4 is 15.9 Å². The highest BCUT2D eigenvalue weighted by atomic mass is 79.9. The molecule has 0 aromatic heterocycles. The van der Waals surface area contributed by atoms with Crippen LogP contribution in [-0.2, 0) is 6.42 Å². The second-order valence-corrected chi connectivity index (χ2v) is 6.53. The van der Waals surface area contributed by atoms with Gasteiger partial charge in [-0.15, -0.1) is 0 Å². The first-order chi connectivity index (χ1) is 10.1. The molecule has 1 unspecified atom stereocenters. The van der Waals surface area contributed by atoms with E-state index < -0.39 is 0 Å². The fourth-order valence-electron chi connectivity index (χ4n) is 2.88. The Morgan fingerprint density at radius 1 is 1.24 bits per heavy atom. The minimum absolute atomic E-state index is 0.0331. The monoisotopic (exact) mass is 345 g/mol. The molecule has 0 saturated carbocycles. The van der Waals surface area contributed by atoms with Crippen LogP contribution in [0.4, 0.5) is 0 Å². The summed E-state index contributed by atoms with van der Waals surface area (Å²) in [6, 6.07) is 14.7. The van der Waals surface area contributed by atoms with Gasteiger partial charge >= 0.3 is 0 Å². The second-order valence-electron chi connectivity index (χ2n) is 5.68. The van der Waals surface area contributed by atoms with Gasteiger partial charge in [-0.25, -0.2) is 0 Å². The molecule has 2 aromatic carbocycles.